The Balaban J connectivity index is 1.44. The van der Waals surface area contributed by atoms with E-state index in [2.05, 4.69) is 16.1 Å². The van der Waals surface area contributed by atoms with Gasteiger partial charge in [-0.1, -0.05) is 30.3 Å². The monoisotopic (exact) mass is 275 g/mol. The smallest absolute Gasteiger partial charge is 0.237 e. The van der Waals surface area contributed by atoms with Crippen LogP contribution in [0.25, 0.3) is 0 Å². The van der Waals surface area contributed by atoms with E-state index in [1.54, 1.807) is 0 Å². The molecule has 2 fully saturated rings. The van der Waals surface area contributed by atoms with E-state index in [9.17, 15) is 4.79 Å². The fraction of sp³-hybridized carbons (Fsp3) is 0.533. The van der Waals surface area contributed by atoms with Gasteiger partial charge in [0.15, 0.2) is 0 Å². The molecular weight excluding hydrogens is 254 g/mol. The van der Waals surface area contributed by atoms with Crippen molar-refractivity contribution in [2.24, 2.45) is 5.92 Å². The number of amides is 1. The maximum atomic E-state index is 11.7. The van der Waals surface area contributed by atoms with Gasteiger partial charge in [0.1, 0.15) is 0 Å². The molecule has 20 heavy (non-hydrogen) atoms. The van der Waals surface area contributed by atoms with E-state index in [0.717, 1.165) is 31.5 Å². The van der Waals surface area contributed by atoms with Gasteiger partial charge in [0, 0.05) is 19.1 Å². The van der Waals surface area contributed by atoms with E-state index in [4.69, 9.17) is 4.84 Å². The Labute approximate surface area is 119 Å². The topological polar surface area (TPSA) is 62.4 Å². The van der Waals surface area contributed by atoms with Gasteiger partial charge in [-0.25, -0.2) is 0 Å². The molecule has 0 unspecified atom stereocenters. The summed E-state index contributed by atoms with van der Waals surface area (Å²) in [4.78, 5) is 17.3. The first-order valence-electron chi connectivity index (χ1n) is 7.25. The fourth-order valence-electron chi connectivity index (χ4n) is 3.01. The summed E-state index contributed by atoms with van der Waals surface area (Å²) in [6.45, 7) is 2.12. The molecule has 0 radical (unpaired) electrons. The number of fused-ring (bicyclic) bond motifs is 1. The first-order chi connectivity index (χ1) is 9.83. The Morgan fingerprint density at radius 2 is 2.15 bits per heavy atom. The molecule has 0 spiro atoms. The van der Waals surface area contributed by atoms with E-state index < -0.39 is 0 Å². The van der Waals surface area contributed by atoms with Crippen LogP contribution in [-0.2, 0) is 16.2 Å². The first-order valence-corrected chi connectivity index (χ1v) is 7.25. The molecule has 2 aliphatic rings. The van der Waals surface area contributed by atoms with Crippen molar-refractivity contribution >= 4 is 5.91 Å². The largest absolute Gasteiger partial charge is 0.355 e. The van der Waals surface area contributed by atoms with Crippen LogP contribution < -0.4 is 16.1 Å². The molecule has 5 nitrogen and oxygen atoms in total. The van der Waals surface area contributed by atoms with Gasteiger partial charge in [0.25, 0.3) is 0 Å². The fourth-order valence-corrected chi connectivity index (χ4v) is 3.01. The number of piperidine rings is 2. The van der Waals surface area contributed by atoms with Gasteiger partial charge in [-0.2, -0.15) is 5.48 Å². The highest BCUT2D eigenvalue weighted by molar-refractivity contribution is 5.83. The van der Waals surface area contributed by atoms with Gasteiger partial charge in [0.05, 0.1) is 12.6 Å². The van der Waals surface area contributed by atoms with Crippen LogP contribution in [-0.4, -0.2) is 31.1 Å². The molecule has 0 aromatic heterocycles. The van der Waals surface area contributed by atoms with Crippen LogP contribution in [0.3, 0.4) is 0 Å². The van der Waals surface area contributed by atoms with Gasteiger partial charge >= 0.3 is 0 Å². The van der Waals surface area contributed by atoms with Crippen molar-refractivity contribution in [3.05, 3.63) is 35.9 Å². The first kappa shape index (κ1) is 13.5. The number of hydrogen-bond acceptors (Lipinski definition) is 4. The van der Waals surface area contributed by atoms with Crippen LogP contribution in [0.1, 0.15) is 18.4 Å². The van der Waals surface area contributed by atoms with Gasteiger partial charge in [-0.05, 0) is 24.3 Å². The molecule has 3 rings (SSSR count). The number of benzene rings is 1. The van der Waals surface area contributed by atoms with Crippen molar-refractivity contribution in [1.29, 1.82) is 0 Å². The number of hydroxylamine groups is 1. The Kier molecular flexibility index (Phi) is 4.30. The van der Waals surface area contributed by atoms with Crippen molar-refractivity contribution in [1.82, 2.24) is 16.1 Å². The molecule has 0 bridgehead atoms. The van der Waals surface area contributed by atoms with Gasteiger partial charge < -0.3 is 10.6 Å². The third-order valence-corrected chi connectivity index (χ3v) is 4.07. The summed E-state index contributed by atoms with van der Waals surface area (Å²) in [5.41, 5.74) is 4.28. The lowest BCUT2D eigenvalue weighted by Gasteiger charge is -2.39. The van der Waals surface area contributed by atoms with Crippen LogP contribution >= 0.6 is 0 Å². The number of rotatable bonds is 4. The molecule has 0 aliphatic carbocycles. The van der Waals surface area contributed by atoms with E-state index in [-0.39, 0.29) is 18.0 Å². The molecule has 1 aromatic carbocycles. The number of carbonyl (C=O) groups excluding carboxylic acids is 1. The highest BCUT2D eigenvalue weighted by atomic mass is 16.6. The molecule has 2 saturated heterocycles. The Morgan fingerprint density at radius 3 is 3.00 bits per heavy atom. The zero-order chi connectivity index (χ0) is 13.8. The van der Waals surface area contributed by atoms with E-state index in [0.29, 0.717) is 12.5 Å². The summed E-state index contributed by atoms with van der Waals surface area (Å²) in [6, 6.07) is 10.3. The molecule has 1 amide bonds. The van der Waals surface area contributed by atoms with Gasteiger partial charge in [0.2, 0.25) is 5.91 Å². The number of hydrogen-bond donors (Lipinski definition) is 3. The lowest BCUT2D eigenvalue weighted by molar-refractivity contribution is -0.127. The summed E-state index contributed by atoms with van der Waals surface area (Å²) in [5.74, 6) is 0.556. The molecular formula is C15H21N3O2. The highest BCUT2D eigenvalue weighted by Gasteiger charge is 2.36. The Bertz CT molecular complexity index is 452. The van der Waals surface area contributed by atoms with Crippen molar-refractivity contribution in [3.63, 3.8) is 0 Å². The summed E-state index contributed by atoms with van der Waals surface area (Å²) in [7, 11) is 0. The minimum absolute atomic E-state index is 0.0177. The molecule has 3 atom stereocenters. The van der Waals surface area contributed by atoms with Crippen molar-refractivity contribution in [3.8, 4) is 0 Å². The molecule has 0 saturated carbocycles. The number of carbonyl (C=O) groups is 1. The standard InChI is InChI=1S/C15H21N3O2/c19-15-14-12(6-7-16-15)8-13(9-17-14)18-20-10-11-4-2-1-3-5-11/h1-5,12-14,17-18H,6-10H2,(H,16,19)/t12-,13-,14+/m1/s1. The molecule has 5 heteroatoms. The third kappa shape index (κ3) is 3.17. The van der Waals surface area contributed by atoms with Crippen molar-refractivity contribution in [2.75, 3.05) is 13.1 Å². The van der Waals surface area contributed by atoms with Crippen LogP contribution in [0.15, 0.2) is 30.3 Å². The molecule has 108 valence electrons. The van der Waals surface area contributed by atoms with Crippen LogP contribution in [0.2, 0.25) is 0 Å². The summed E-state index contributed by atoms with van der Waals surface area (Å²) < 4.78 is 0. The molecule has 1 aromatic rings. The van der Waals surface area contributed by atoms with Crippen molar-refractivity contribution < 1.29 is 9.63 Å². The van der Waals surface area contributed by atoms with Gasteiger partial charge in [-0.3, -0.25) is 9.63 Å². The zero-order valence-corrected chi connectivity index (χ0v) is 11.5. The lowest BCUT2D eigenvalue weighted by atomic mass is 9.83. The summed E-state index contributed by atoms with van der Waals surface area (Å²) in [6.07, 6.45) is 2.03. The average molecular weight is 275 g/mol. The Morgan fingerprint density at radius 1 is 1.30 bits per heavy atom. The predicted molar refractivity (Wildman–Crippen MR) is 75.7 cm³/mol. The maximum Gasteiger partial charge on any atom is 0.237 e. The third-order valence-electron chi connectivity index (χ3n) is 4.07. The highest BCUT2D eigenvalue weighted by Crippen LogP contribution is 2.23. The van der Waals surface area contributed by atoms with E-state index in [1.807, 2.05) is 30.3 Å². The van der Waals surface area contributed by atoms with E-state index in [1.165, 1.54) is 0 Å². The number of nitrogens with one attached hydrogen (secondary N) is 3. The average Bonchev–Trinajstić information content (AvgIpc) is 2.48. The minimum atomic E-state index is -0.0177. The van der Waals surface area contributed by atoms with E-state index >= 15 is 0 Å². The normalized spacial score (nSPS) is 29.6. The minimum Gasteiger partial charge on any atom is -0.355 e. The second-order valence-corrected chi connectivity index (χ2v) is 5.55. The zero-order valence-electron chi connectivity index (χ0n) is 11.5. The molecule has 2 heterocycles. The second kappa shape index (κ2) is 6.35. The Hall–Kier alpha value is -1.43. The quantitative estimate of drug-likeness (QED) is 0.703. The molecule has 2 aliphatic heterocycles. The maximum absolute atomic E-state index is 11.7. The second-order valence-electron chi connectivity index (χ2n) is 5.55. The van der Waals surface area contributed by atoms with Gasteiger partial charge in [-0.15, -0.1) is 0 Å². The van der Waals surface area contributed by atoms with Crippen LogP contribution in [0.5, 0.6) is 0 Å². The lowest BCUT2D eigenvalue weighted by Crippen LogP contribution is -2.61. The molecule has 3 N–H and O–H groups in total. The van der Waals surface area contributed by atoms with Crippen LogP contribution in [0.4, 0.5) is 0 Å². The van der Waals surface area contributed by atoms with Crippen LogP contribution in [0, 0.1) is 5.92 Å². The predicted octanol–water partition coefficient (Wildman–Crippen LogP) is 0.574. The summed E-state index contributed by atoms with van der Waals surface area (Å²) >= 11 is 0. The SMILES string of the molecule is O=C1NCC[C@@H]2C[C@@H](NOCc3ccccc3)CN[C@H]12. The summed E-state index contributed by atoms with van der Waals surface area (Å²) in [5, 5.41) is 6.22. The van der Waals surface area contributed by atoms with Crippen molar-refractivity contribution in [2.45, 2.75) is 31.5 Å².